The van der Waals surface area contributed by atoms with Gasteiger partial charge >= 0.3 is 0 Å². The van der Waals surface area contributed by atoms with Crippen molar-refractivity contribution in [2.45, 2.75) is 32.8 Å². The highest BCUT2D eigenvalue weighted by Crippen LogP contribution is 2.21. The van der Waals surface area contributed by atoms with E-state index >= 15 is 0 Å². The summed E-state index contributed by atoms with van der Waals surface area (Å²) in [5, 5.41) is 5.73. The fourth-order valence-electron chi connectivity index (χ4n) is 4.04. The fourth-order valence-corrected chi connectivity index (χ4v) is 4.04. The maximum Gasteiger partial charge on any atom is 0.255 e. The van der Waals surface area contributed by atoms with Gasteiger partial charge in [0, 0.05) is 36.4 Å². The highest BCUT2D eigenvalue weighted by atomic mass is 16.5. The van der Waals surface area contributed by atoms with Crippen molar-refractivity contribution in [2.24, 2.45) is 5.92 Å². The lowest BCUT2D eigenvalue weighted by atomic mass is 10.1. The van der Waals surface area contributed by atoms with Crippen LogP contribution in [0, 0.1) is 5.92 Å². The molecule has 36 heavy (non-hydrogen) atoms. The third-order valence-corrected chi connectivity index (χ3v) is 6.14. The molecule has 2 N–H and O–H groups in total. The Balaban J connectivity index is 1.26. The molecule has 1 heterocycles. The molecule has 0 aliphatic carbocycles. The van der Waals surface area contributed by atoms with Gasteiger partial charge in [-0.05, 0) is 60.5 Å². The summed E-state index contributed by atoms with van der Waals surface area (Å²) in [6.45, 7) is 3.71. The zero-order valence-electron chi connectivity index (χ0n) is 20.4. The second-order valence-corrected chi connectivity index (χ2v) is 8.91. The highest BCUT2D eigenvalue weighted by Gasteiger charge is 2.33. The number of likely N-dealkylation sites (tertiary alicyclic amines) is 1. The molecule has 7 heteroatoms. The summed E-state index contributed by atoms with van der Waals surface area (Å²) in [6.07, 6.45) is 2.19. The van der Waals surface area contributed by atoms with Crippen LogP contribution < -0.4 is 15.4 Å². The smallest absolute Gasteiger partial charge is 0.255 e. The van der Waals surface area contributed by atoms with Gasteiger partial charge in [-0.1, -0.05) is 43.7 Å². The van der Waals surface area contributed by atoms with Crippen LogP contribution in [0.2, 0.25) is 0 Å². The van der Waals surface area contributed by atoms with Gasteiger partial charge < -0.3 is 20.3 Å². The molecule has 7 nitrogen and oxygen atoms in total. The minimum atomic E-state index is -0.350. The second kappa shape index (κ2) is 12.0. The topological polar surface area (TPSA) is 87.7 Å². The molecule has 1 saturated heterocycles. The van der Waals surface area contributed by atoms with Gasteiger partial charge in [0.15, 0.2) is 0 Å². The van der Waals surface area contributed by atoms with Gasteiger partial charge in [0.2, 0.25) is 11.8 Å². The molecular weight excluding hydrogens is 454 g/mol. The maximum atomic E-state index is 12.6. The van der Waals surface area contributed by atoms with Gasteiger partial charge in [-0.2, -0.15) is 0 Å². The maximum absolute atomic E-state index is 12.6. The van der Waals surface area contributed by atoms with E-state index in [1.807, 2.05) is 42.5 Å². The number of hydrogen-bond acceptors (Lipinski definition) is 4. The number of nitrogens with zero attached hydrogens (tertiary/aromatic N) is 1. The number of anilines is 2. The minimum Gasteiger partial charge on any atom is -0.489 e. The number of amides is 3. The van der Waals surface area contributed by atoms with Crippen LogP contribution in [0.4, 0.5) is 11.4 Å². The molecule has 0 radical (unpaired) electrons. The van der Waals surface area contributed by atoms with Crippen molar-refractivity contribution >= 4 is 29.1 Å². The van der Waals surface area contributed by atoms with Crippen molar-refractivity contribution in [1.82, 2.24) is 4.90 Å². The van der Waals surface area contributed by atoms with E-state index in [2.05, 4.69) is 17.6 Å². The quantitative estimate of drug-likeness (QED) is 0.418. The standard InChI is InChI=1S/C29H31N3O4/c1-2-3-17-32-19-23(18-27(32)33)29(35)31-24-11-9-22(10-12-24)28(34)30-25-13-15-26(16-14-25)36-20-21-7-5-4-6-8-21/h4-16,23H,2-3,17-20H2,1H3,(H,30,34)(H,31,35). The minimum absolute atomic E-state index is 0.0337. The lowest BCUT2D eigenvalue weighted by Crippen LogP contribution is -2.29. The highest BCUT2D eigenvalue weighted by molar-refractivity contribution is 6.05. The number of hydrogen-bond donors (Lipinski definition) is 2. The Labute approximate surface area is 211 Å². The number of unbranched alkanes of at least 4 members (excludes halogenated alkanes) is 1. The van der Waals surface area contributed by atoms with Gasteiger partial charge in [0.05, 0.1) is 5.92 Å². The molecule has 186 valence electrons. The number of nitrogens with one attached hydrogen (secondary N) is 2. The lowest BCUT2D eigenvalue weighted by Gasteiger charge is -2.16. The fraction of sp³-hybridized carbons (Fsp3) is 0.276. The number of carbonyl (C=O) groups is 3. The number of ether oxygens (including phenoxy) is 1. The molecule has 1 aliphatic heterocycles. The van der Waals surface area contributed by atoms with Crippen molar-refractivity contribution in [3.05, 3.63) is 90.0 Å². The molecule has 3 aromatic carbocycles. The summed E-state index contributed by atoms with van der Waals surface area (Å²) in [5.74, 6) is -0.0225. The summed E-state index contributed by atoms with van der Waals surface area (Å²) in [6, 6.07) is 23.8. The van der Waals surface area contributed by atoms with Gasteiger partial charge in [0.1, 0.15) is 12.4 Å². The molecule has 1 atom stereocenters. The second-order valence-electron chi connectivity index (χ2n) is 8.91. The Hall–Kier alpha value is -4.13. The van der Waals surface area contributed by atoms with E-state index in [1.165, 1.54) is 0 Å². The van der Waals surface area contributed by atoms with Crippen LogP contribution in [0.15, 0.2) is 78.9 Å². The molecule has 4 rings (SSSR count). The molecule has 0 bridgehead atoms. The van der Waals surface area contributed by atoms with Crippen LogP contribution in [0.5, 0.6) is 5.75 Å². The molecule has 0 spiro atoms. The van der Waals surface area contributed by atoms with Crippen molar-refractivity contribution < 1.29 is 19.1 Å². The van der Waals surface area contributed by atoms with Crippen molar-refractivity contribution in [3.63, 3.8) is 0 Å². The Kier molecular flexibility index (Phi) is 8.34. The van der Waals surface area contributed by atoms with Gasteiger partial charge in [-0.15, -0.1) is 0 Å². The Morgan fingerprint density at radius 3 is 2.28 bits per heavy atom. The van der Waals surface area contributed by atoms with Crippen LogP contribution in [0.1, 0.15) is 42.1 Å². The zero-order valence-corrected chi connectivity index (χ0v) is 20.4. The first-order valence-electron chi connectivity index (χ1n) is 12.3. The Bertz CT molecular complexity index is 1180. The average molecular weight is 486 g/mol. The number of carbonyl (C=O) groups excluding carboxylic acids is 3. The molecule has 1 fully saturated rings. The summed E-state index contributed by atoms with van der Waals surface area (Å²) in [4.78, 5) is 39.1. The number of benzene rings is 3. The molecule has 0 saturated carbocycles. The summed E-state index contributed by atoms with van der Waals surface area (Å²) in [7, 11) is 0. The van der Waals surface area contributed by atoms with Gasteiger partial charge in [-0.25, -0.2) is 0 Å². The van der Waals surface area contributed by atoms with E-state index in [0.29, 0.717) is 36.6 Å². The number of rotatable bonds is 10. The van der Waals surface area contributed by atoms with Gasteiger partial charge in [-0.3, -0.25) is 14.4 Å². The third kappa shape index (κ3) is 6.72. The summed E-state index contributed by atoms with van der Waals surface area (Å²) >= 11 is 0. The van der Waals surface area contributed by atoms with E-state index < -0.39 is 0 Å². The summed E-state index contributed by atoms with van der Waals surface area (Å²) in [5.41, 5.74) is 2.80. The van der Waals surface area contributed by atoms with Crippen LogP contribution in [-0.2, 0) is 16.2 Å². The first-order valence-corrected chi connectivity index (χ1v) is 12.3. The molecule has 3 amide bonds. The van der Waals surface area contributed by atoms with E-state index in [1.54, 1.807) is 41.3 Å². The van der Waals surface area contributed by atoms with Crippen LogP contribution >= 0.6 is 0 Å². The SMILES string of the molecule is CCCCN1CC(C(=O)Nc2ccc(C(=O)Nc3ccc(OCc4ccccc4)cc3)cc2)CC1=O. The van der Waals surface area contributed by atoms with Crippen molar-refractivity contribution in [3.8, 4) is 5.75 Å². The lowest BCUT2D eigenvalue weighted by molar-refractivity contribution is -0.128. The van der Waals surface area contributed by atoms with Crippen LogP contribution in [-0.4, -0.2) is 35.7 Å². The molecule has 0 aromatic heterocycles. The molecular formula is C29H31N3O4. The van der Waals surface area contributed by atoms with Crippen LogP contribution in [0.3, 0.4) is 0 Å². The van der Waals surface area contributed by atoms with E-state index in [0.717, 1.165) is 24.2 Å². The Morgan fingerprint density at radius 1 is 0.917 bits per heavy atom. The first kappa shape index (κ1) is 25.0. The predicted molar refractivity (Wildman–Crippen MR) is 140 cm³/mol. The van der Waals surface area contributed by atoms with Crippen molar-refractivity contribution in [1.29, 1.82) is 0 Å². The molecule has 1 aliphatic rings. The van der Waals surface area contributed by atoms with E-state index in [4.69, 9.17) is 4.74 Å². The summed E-state index contributed by atoms with van der Waals surface area (Å²) < 4.78 is 5.78. The van der Waals surface area contributed by atoms with E-state index in [-0.39, 0.29) is 30.1 Å². The van der Waals surface area contributed by atoms with E-state index in [9.17, 15) is 14.4 Å². The normalized spacial score (nSPS) is 15.0. The predicted octanol–water partition coefficient (Wildman–Crippen LogP) is 5.11. The Morgan fingerprint density at radius 2 is 1.58 bits per heavy atom. The third-order valence-electron chi connectivity index (χ3n) is 6.14. The van der Waals surface area contributed by atoms with Crippen LogP contribution in [0.25, 0.3) is 0 Å². The average Bonchev–Trinajstić information content (AvgIpc) is 3.28. The largest absolute Gasteiger partial charge is 0.489 e. The van der Waals surface area contributed by atoms with Gasteiger partial charge in [0.25, 0.3) is 5.91 Å². The monoisotopic (exact) mass is 485 g/mol. The first-order chi connectivity index (χ1) is 17.5. The molecule has 3 aromatic rings. The van der Waals surface area contributed by atoms with Crippen molar-refractivity contribution in [2.75, 3.05) is 23.7 Å². The zero-order chi connectivity index (χ0) is 25.3. The molecule has 1 unspecified atom stereocenters.